The highest BCUT2D eigenvalue weighted by atomic mass is 19.1. The lowest BCUT2D eigenvalue weighted by molar-refractivity contribution is 0.0914. The highest BCUT2D eigenvalue weighted by Gasteiger charge is 2.23. The van der Waals surface area contributed by atoms with E-state index in [4.69, 9.17) is 0 Å². The maximum absolute atomic E-state index is 13.1. The normalized spacial score (nSPS) is 23.7. The summed E-state index contributed by atoms with van der Waals surface area (Å²) in [6.45, 7) is 5.64. The maximum atomic E-state index is 13.1. The largest absolute Gasteiger partial charge is 0.349 e. The first-order valence-electron chi connectivity index (χ1n) is 6.35. The van der Waals surface area contributed by atoms with E-state index in [1.807, 2.05) is 0 Å². The number of aryl methyl sites for hydroxylation is 1. The Labute approximate surface area is 107 Å². The van der Waals surface area contributed by atoms with Gasteiger partial charge in [0, 0.05) is 11.6 Å². The fourth-order valence-electron chi connectivity index (χ4n) is 2.27. The summed E-state index contributed by atoms with van der Waals surface area (Å²) in [5.74, 6) is 0.0304. The van der Waals surface area contributed by atoms with Crippen LogP contribution in [0, 0.1) is 18.7 Å². The van der Waals surface area contributed by atoms with E-state index in [1.165, 1.54) is 12.1 Å². The maximum Gasteiger partial charge on any atom is 0.251 e. The van der Waals surface area contributed by atoms with Gasteiger partial charge >= 0.3 is 0 Å². The van der Waals surface area contributed by atoms with Gasteiger partial charge in [-0.05, 0) is 56.1 Å². The third-order valence-electron chi connectivity index (χ3n) is 3.52. The molecule has 1 aliphatic rings. The molecule has 3 nitrogen and oxygen atoms in total. The Kier molecular flexibility index (Phi) is 3.97. The molecule has 1 aromatic carbocycles. The van der Waals surface area contributed by atoms with Crippen molar-refractivity contribution in [2.75, 3.05) is 13.1 Å². The molecule has 1 amide bonds. The monoisotopic (exact) mass is 250 g/mol. The first-order valence-corrected chi connectivity index (χ1v) is 6.35. The molecule has 1 saturated heterocycles. The molecule has 2 rings (SSSR count). The van der Waals surface area contributed by atoms with Crippen molar-refractivity contribution in [1.82, 2.24) is 10.6 Å². The number of hydrogen-bond donors (Lipinski definition) is 2. The minimum absolute atomic E-state index is 0.114. The molecule has 0 aromatic heterocycles. The highest BCUT2D eigenvalue weighted by Crippen LogP contribution is 2.13. The fourth-order valence-corrected chi connectivity index (χ4v) is 2.27. The van der Waals surface area contributed by atoms with Crippen LogP contribution >= 0.6 is 0 Å². The molecule has 2 atom stereocenters. The van der Waals surface area contributed by atoms with Gasteiger partial charge in [-0.1, -0.05) is 6.92 Å². The van der Waals surface area contributed by atoms with Gasteiger partial charge in [-0.15, -0.1) is 0 Å². The van der Waals surface area contributed by atoms with E-state index >= 15 is 0 Å². The zero-order valence-electron chi connectivity index (χ0n) is 10.8. The molecule has 0 radical (unpaired) electrons. The first-order chi connectivity index (χ1) is 8.58. The Balaban J connectivity index is 2.04. The van der Waals surface area contributed by atoms with E-state index in [2.05, 4.69) is 17.6 Å². The quantitative estimate of drug-likeness (QED) is 0.841. The summed E-state index contributed by atoms with van der Waals surface area (Å²) in [5, 5.41) is 6.32. The molecule has 18 heavy (non-hydrogen) atoms. The van der Waals surface area contributed by atoms with Crippen molar-refractivity contribution in [3.63, 3.8) is 0 Å². The molecule has 0 aliphatic carbocycles. The van der Waals surface area contributed by atoms with Crippen molar-refractivity contribution in [1.29, 1.82) is 0 Å². The summed E-state index contributed by atoms with van der Waals surface area (Å²) in [6, 6.07) is 4.67. The van der Waals surface area contributed by atoms with Crippen LogP contribution < -0.4 is 10.6 Å². The Hall–Kier alpha value is -1.42. The number of benzene rings is 1. The summed E-state index contributed by atoms with van der Waals surface area (Å²) < 4.78 is 13.1. The van der Waals surface area contributed by atoms with E-state index < -0.39 is 0 Å². The van der Waals surface area contributed by atoms with Crippen LogP contribution in [0.15, 0.2) is 18.2 Å². The summed E-state index contributed by atoms with van der Waals surface area (Å²) >= 11 is 0. The number of carbonyl (C=O) groups is 1. The molecule has 1 fully saturated rings. The zero-order chi connectivity index (χ0) is 13.1. The van der Waals surface area contributed by atoms with Gasteiger partial charge in [0.05, 0.1) is 0 Å². The van der Waals surface area contributed by atoms with Crippen molar-refractivity contribution in [3.05, 3.63) is 35.1 Å². The molecule has 2 unspecified atom stereocenters. The van der Waals surface area contributed by atoms with E-state index in [0.29, 0.717) is 17.0 Å². The molecule has 4 heteroatoms. The number of piperidine rings is 1. The molecular formula is C14H19FN2O. The van der Waals surface area contributed by atoms with E-state index in [9.17, 15) is 9.18 Å². The molecule has 1 aliphatic heterocycles. The number of rotatable bonds is 2. The number of carbonyl (C=O) groups excluding carboxylic acids is 1. The smallest absolute Gasteiger partial charge is 0.251 e. The van der Waals surface area contributed by atoms with Crippen molar-refractivity contribution >= 4 is 5.91 Å². The number of amides is 1. The van der Waals surface area contributed by atoms with Crippen LogP contribution in [0.2, 0.25) is 0 Å². The second-order valence-electron chi connectivity index (χ2n) is 5.01. The second kappa shape index (κ2) is 5.48. The van der Waals surface area contributed by atoms with Crippen molar-refractivity contribution in [2.24, 2.45) is 5.92 Å². The Bertz CT molecular complexity index is 447. The van der Waals surface area contributed by atoms with Crippen LogP contribution in [-0.4, -0.2) is 25.0 Å². The summed E-state index contributed by atoms with van der Waals surface area (Å²) in [5.41, 5.74) is 1.03. The van der Waals surface area contributed by atoms with Crippen LogP contribution in [0.5, 0.6) is 0 Å². The van der Waals surface area contributed by atoms with Crippen LogP contribution in [0.25, 0.3) is 0 Å². The number of hydrogen-bond acceptors (Lipinski definition) is 2. The van der Waals surface area contributed by atoms with Crippen molar-refractivity contribution in [3.8, 4) is 0 Å². The van der Waals surface area contributed by atoms with Gasteiger partial charge in [-0.25, -0.2) is 4.39 Å². The molecule has 0 bridgehead atoms. The van der Waals surface area contributed by atoms with Gasteiger partial charge in [-0.3, -0.25) is 4.79 Å². The summed E-state index contributed by atoms with van der Waals surface area (Å²) in [4.78, 5) is 12.1. The Morgan fingerprint density at radius 2 is 2.28 bits per heavy atom. The Morgan fingerprint density at radius 1 is 1.50 bits per heavy atom. The lowest BCUT2D eigenvalue weighted by Crippen LogP contribution is -2.48. The zero-order valence-corrected chi connectivity index (χ0v) is 10.8. The van der Waals surface area contributed by atoms with Crippen LogP contribution in [-0.2, 0) is 0 Å². The van der Waals surface area contributed by atoms with Crippen LogP contribution in [0.3, 0.4) is 0 Å². The first kappa shape index (κ1) is 13.0. The average molecular weight is 250 g/mol. The summed E-state index contributed by atoms with van der Waals surface area (Å²) in [7, 11) is 0. The predicted molar refractivity (Wildman–Crippen MR) is 69.0 cm³/mol. The molecule has 1 heterocycles. The number of halogens is 1. The lowest BCUT2D eigenvalue weighted by Gasteiger charge is -2.30. The standard InChI is InChI=1S/C14H19FN2O/c1-9-7-11(3-4-12(9)15)14(18)17-13-5-6-16-8-10(13)2/h3-4,7,10,13,16H,5-6,8H2,1-2H3,(H,17,18). The lowest BCUT2D eigenvalue weighted by atomic mass is 9.95. The van der Waals surface area contributed by atoms with Gasteiger partial charge < -0.3 is 10.6 Å². The van der Waals surface area contributed by atoms with Gasteiger partial charge in [0.25, 0.3) is 5.91 Å². The summed E-state index contributed by atoms with van der Waals surface area (Å²) in [6.07, 6.45) is 0.938. The van der Waals surface area contributed by atoms with E-state index in [0.717, 1.165) is 19.5 Å². The van der Waals surface area contributed by atoms with Gasteiger partial charge in [0.1, 0.15) is 5.82 Å². The highest BCUT2D eigenvalue weighted by molar-refractivity contribution is 5.94. The SMILES string of the molecule is Cc1cc(C(=O)NC2CCNCC2C)ccc1F. The minimum Gasteiger partial charge on any atom is -0.349 e. The van der Waals surface area contributed by atoms with Gasteiger partial charge in [-0.2, -0.15) is 0 Å². The number of nitrogens with one attached hydrogen (secondary N) is 2. The molecule has 0 spiro atoms. The van der Waals surface area contributed by atoms with Crippen molar-refractivity contribution < 1.29 is 9.18 Å². The Morgan fingerprint density at radius 3 is 2.94 bits per heavy atom. The molecule has 2 N–H and O–H groups in total. The van der Waals surface area contributed by atoms with E-state index in [-0.39, 0.29) is 17.8 Å². The molecule has 98 valence electrons. The topological polar surface area (TPSA) is 41.1 Å². The predicted octanol–water partition coefficient (Wildman–Crippen LogP) is 1.86. The second-order valence-corrected chi connectivity index (χ2v) is 5.01. The fraction of sp³-hybridized carbons (Fsp3) is 0.500. The third-order valence-corrected chi connectivity index (χ3v) is 3.52. The molecular weight excluding hydrogens is 231 g/mol. The van der Waals surface area contributed by atoms with Gasteiger partial charge in [0.15, 0.2) is 0 Å². The average Bonchev–Trinajstić information content (AvgIpc) is 2.35. The molecule has 1 aromatic rings. The van der Waals surface area contributed by atoms with E-state index in [1.54, 1.807) is 13.0 Å². The van der Waals surface area contributed by atoms with Crippen molar-refractivity contribution in [2.45, 2.75) is 26.3 Å². The van der Waals surface area contributed by atoms with Gasteiger partial charge in [0.2, 0.25) is 0 Å². The van der Waals surface area contributed by atoms with Crippen LogP contribution in [0.4, 0.5) is 4.39 Å². The van der Waals surface area contributed by atoms with Crippen LogP contribution in [0.1, 0.15) is 29.3 Å². The minimum atomic E-state index is -0.276. The third kappa shape index (κ3) is 2.88. The molecule has 0 saturated carbocycles.